The lowest BCUT2D eigenvalue weighted by Gasteiger charge is -2.13. The highest BCUT2D eigenvalue weighted by molar-refractivity contribution is 5.93. The Hall–Kier alpha value is -5.38. The lowest BCUT2D eigenvalue weighted by Crippen LogP contribution is -2.12. The summed E-state index contributed by atoms with van der Waals surface area (Å²) in [5.74, 6) is 0.251. The van der Waals surface area contributed by atoms with Crippen LogP contribution in [0.15, 0.2) is 79.4 Å². The molecule has 54 heavy (non-hydrogen) atoms. The van der Waals surface area contributed by atoms with Crippen molar-refractivity contribution in [3.63, 3.8) is 0 Å². The largest absolute Gasteiger partial charge is 0.494 e. The number of esters is 4. The normalized spacial score (nSPS) is 12.5. The Balaban J connectivity index is 1.20. The molecule has 0 aliphatic heterocycles. The van der Waals surface area contributed by atoms with Crippen LogP contribution < -0.4 is 14.2 Å². The van der Waals surface area contributed by atoms with E-state index >= 15 is 0 Å². The van der Waals surface area contributed by atoms with Gasteiger partial charge in [-0.05, 0) is 128 Å². The highest BCUT2D eigenvalue weighted by Crippen LogP contribution is 2.47. The number of carbonyl (C=O) groups is 4. The molecule has 1 unspecified atom stereocenters. The average molecular weight is 741 g/mol. The third-order valence-electron chi connectivity index (χ3n) is 9.28. The Morgan fingerprint density at radius 1 is 0.722 bits per heavy atom. The Morgan fingerprint density at radius 2 is 1.31 bits per heavy atom. The summed E-state index contributed by atoms with van der Waals surface area (Å²) in [6.07, 6.45) is 8.66. The van der Waals surface area contributed by atoms with Gasteiger partial charge in [0.25, 0.3) is 0 Å². The molecule has 0 spiro atoms. The molecule has 10 heteroatoms. The van der Waals surface area contributed by atoms with E-state index in [9.17, 15) is 19.2 Å². The Kier molecular flexibility index (Phi) is 16.4. The van der Waals surface area contributed by atoms with E-state index in [1.807, 2.05) is 43.3 Å². The minimum Gasteiger partial charge on any atom is -0.494 e. The highest BCUT2D eigenvalue weighted by atomic mass is 16.5. The van der Waals surface area contributed by atoms with Gasteiger partial charge >= 0.3 is 23.9 Å². The van der Waals surface area contributed by atoms with Crippen molar-refractivity contribution in [3.8, 4) is 28.4 Å². The first-order valence-corrected chi connectivity index (χ1v) is 18.7. The molecule has 288 valence electrons. The first-order valence-electron chi connectivity index (χ1n) is 18.7. The fourth-order valence-electron chi connectivity index (χ4n) is 6.20. The van der Waals surface area contributed by atoms with Crippen LogP contribution in [0.2, 0.25) is 0 Å². The summed E-state index contributed by atoms with van der Waals surface area (Å²) in [5, 5.41) is 0. The fourth-order valence-corrected chi connectivity index (χ4v) is 6.20. The van der Waals surface area contributed by atoms with Crippen molar-refractivity contribution < 1.29 is 47.6 Å². The average Bonchev–Trinajstić information content (AvgIpc) is 3.46. The maximum atomic E-state index is 13.2. The van der Waals surface area contributed by atoms with Crippen LogP contribution >= 0.6 is 0 Å². The number of ether oxygens (including phenoxy) is 6. The second-order valence-corrected chi connectivity index (χ2v) is 13.2. The maximum absolute atomic E-state index is 13.2. The lowest BCUT2D eigenvalue weighted by atomic mass is 9.99. The molecule has 3 aromatic rings. The smallest absolute Gasteiger partial charge is 0.343 e. The van der Waals surface area contributed by atoms with E-state index in [1.165, 1.54) is 18.7 Å². The van der Waals surface area contributed by atoms with E-state index in [0.717, 1.165) is 78.7 Å². The van der Waals surface area contributed by atoms with Gasteiger partial charge in [0.2, 0.25) is 0 Å². The zero-order valence-corrected chi connectivity index (χ0v) is 31.7. The van der Waals surface area contributed by atoms with Crippen LogP contribution in [0.3, 0.4) is 0 Å². The lowest BCUT2D eigenvalue weighted by molar-refractivity contribution is -0.144. The van der Waals surface area contributed by atoms with E-state index < -0.39 is 23.9 Å². The number of unbranched alkanes of at least 4 members (excludes halogenated alkanes) is 6. The van der Waals surface area contributed by atoms with Gasteiger partial charge in [-0.3, -0.25) is 4.79 Å². The summed E-state index contributed by atoms with van der Waals surface area (Å²) < 4.78 is 32.7. The molecule has 0 amide bonds. The van der Waals surface area contributed by atoms with Crippen LogP contribution in [0.1, 0.15) is 105 Å². The Bertz CT molecular complexity index is 1790. The first-order chi connectivity index (χ1) is 26.1. The van der Waals surface area contributed by atoms with Crippen molar-refractivity contribution in [1.82, 2.24) is 0 Å². The predicted molar refractivity (Wildman–Crippen MR) is 206 cm³/mol. The van der Waals surface area contributed by atoms with Gasteiger partial charge in [0, 0.05) is 17.6 Å². The predicted octanol–water partition coefficient (Wildman–Crippen LogP) is 8.87. The molecule has 3 aromatic carbocycles. The summed E-state index contributed by atoms with van der Waals surface area (Å²) in [4.78, 5) is 47.5. The molecule has 0 aromatic heterocycles. The number of aryl methyl sites for hydroxylation is 1. The van der Waals surface area contributed by atoms with Gasteiger partial charge in [-0.15, -0.1) is 0 Å². The number of hydrogen-bond acceptors (Lipinski definition) is 10. The zero-order valence-electron chi connectivity index (χ0n) is 31.7. The fraction of sp³-hybridized carbons (Fsp3) is 0.409. The van der Waals surface area contributed by atoms with Gasteiger partial charge < -0.3 is 28.4 Å². The number of hydrogen-bond donors (Lipinski definition) is 0. The molecule has 0 N–H and O–H groups in total. The molecule has 0 radical (unpaired) electrons. The van der Waals surface area contributed by atoms with Crippen LogP contribution in [0.25, 0.3) is 11.1 Å². The van der Waals surface area contributed by atoms with E-state index in [0.29, 0.717) is 44.0 Å². The van der Waals surface area contributed by atoms with Crippen LogP contribution in [0.5, 0.6) is 17.2 Å². The molecule has 0 bridgehead atoms. The minimum atomic E-state index is -0.573. The summed E-state index contributed by atoms with van der Waals surface area (Å²) in [6.45, 7) is 12.9. The SMILES string of the molecule is C=CC(=O)OCCCCCCOc1ccc(C(=O)Oc2ccc3c(c2)C(C)c2cc(OCCCCCCOC(=O)C(=C)CC(=O)OC)ccc2-3)cc1CC. The Labute approximate surface area is 318 Å². The molecule has 4 rings (SSSR count). The number of methoxy groups -OCH3 is 1. The van der Waals surface area contributed by atoms with Gasteiger partial charge in [0.05, 0.1) is 45.5 Å². The zero-order chi connectivity index (χ0) is 38.9. The first kappa shape index (κ1) is 41.4. The molecule has 0 fully saturated rings. The molecule has 0 heterocycles. The molecular formula is C44H52O10. The molecule has 1 atom stereocenters. The van der Waals surface area contributed by atoms with Gasteiger partial charge in [-0.1, -0.05) is 39.1 Å². The van der Waals surface area contributed by atoms with Crippen LogP contribution in [0.4, 0.5) is 0 Å². The van der Waals surface area contributed by atoms with Crippen molar-refractivity contribution in [1.29, 1.82) is 0 Å². The molecule has 1 aliphatic rings. The van der Waals surface area contributed by atoms with Crippen molar-refractivity contribution in [2.75, 3.05) is 33.5 Å². The van der Waals surface area contributed by atoms with Gasteiger partial charge in [0.1, 0.15) is 17.2 Å². The van der Waals surface area contributed by atoms with Crippen molar-refractivity contribution in [2.45, 2.75) is 84.0 Å². The number of rotatable bonds is 23. The molecule has 1 aliphatic carbocycles. The van der Waals surface area contributed by atoms with Crippen LogP contribution in [-0.2, 0) is 35.0 Å². The summed E-state index contributed by atoms with van der Waals surface area (Å²) in [6, 6.07) is 17.4. The van der Waals surface area contributed by atoms with Crippen LogP contribution in [-0.4, -0.2) is 57.4 Å². The van der Waals surface area contributed by atoms with Crippen molar-refractivity contribution in [2.24, 2.45) is 0 Å². The minimum absolute atomic E-state index is 0.0872. The second-order valence-electron chi connectivity index (χ2n) is 13.2. The van der Waals surface area contributed by atoms with Gasteiger partial charge in [0.15, 0.2) is 0 Å². The highest BCUT2D eigenvalue weighted by Gasteiger charge is 2.27. The van der Waals surface area contributed by atoms with E-state index in [-0.39, 0.29) is 24.5 Å². The van der Waals surface area contributed by atoms with Gasteiger partial charge in [-0.25, -0.2) is 14.4 Å². The molecular weight excluding hydrogens is 688 g/mol. The summed E-state index contributed by atoms with van der Waals surface area (Å²) in [5.41, 5.74) is 6.01. The number of benzene rings is 3. The van der Waals surface area contributed by atoms with Crippen molar-refractivity contribution >= 4 is 23.9 Å². The standard InChI is InChI=1S/C44H52O10/c1-6-32-27-33(16-21-40(32)51-23-13-9-10-14-24-52-41(45)7-2)44(48)54-35-18-20-37-36-19-17-34(28-38(36)31(4)39(37)29-35)50-22-12-8-11-15-25-53-43(47)30(3)26-42(46)49-5/h7,16-21,27-29,31H,2-3,6,8-15,22-26H2,1,4-5H3. The number of carbonyl (C=O) groups excluding carboxylic acids is 4. The van der Waals surface area contributed by atoms with E-state index in [2.05, 4.69) is 37.0 Å². The van der Waals surface area contributed by atoms with E-state index in [1.54, 1.807) is 6.07 Å². The molecule has 10 nitrogen and oxygen atoms in total. The second kappa shape index (κ2) is 21.4. The van der Waals surface area contributed by atoms with Crippen LogP contribution in [0, 0.1) is 0 Å². The Morgan fingerprint density at radius 3 is 1.94 bits per heavy atom. The van der Waals surface area contributed by atoms with Crippen molar-refractivity contribution in [3.05, 3.63) is 102 Å². The maximum Gasteiger partial charge on any atom is 0.343 e. The third-order valence-corrected chi connectivity index (χ3v) is 9.28. The monoisotopic (exact) mass is 740 g/mol. The van der Waals surface area contributed by atoms with E-state index in [4.69, 9.17) is 23.7 Å². The molecule has 0 saturated carbocycles. The molecule has 0 saturated heterocycles. The summed E-state index contributed by atoms with van der Waals surface area (Å²) >= 11 is 0. The third kappa shape index (κ3) is 12.1. The topological polar surface area (TPSA) is 124 Å². The quantitative estimate of drug-likeness (QED) is 0.0306. The van der Waals surface area contributed by atoms with Gasteiger partial charge in [-0.2, -0.15) is 0 Å². The number of fused-ring (bicyclic) bond motifs is 3. The summed E-state index contributed by atoms with van der Waals surface area (Å²) in [7, 11) is 1.26.